The van der Waals surface area contributed by atoms with Gasteiger partial charge in [-0.3, -0.25) is 9.80 Å². The molecule has 3 heterocycles. The van der Waals surface area contributed by atoms with Crippen LogP contribution in [-0.4, -0.2) is 71.7 Å². The van der Waals surface area contributed by atoms with Crippen molar-refractivity contribution in [2.24, 2.45) is 0 Å². The average molecular weight is 264 g/mol. The minimum absolute atomic E-state index is 0.763. The van der Waals surface area contributed by atoms with Gasteiger partial charge >= 0.3 is 0 Å². The summed E-state index contributed by atoms with van der Waals surface area (Å²) >= 11 is 0. The molecule has 1 aromatic heterocycles. The van der Waals surface area contributed by atoms with Gasteiger partial charge in [0.05, 0.1) is 6.20 Å². The fraction of sp³-hybridized carbons (Fsp3) is 0.786. The molecule has 2 saturated heterocycles. The Balaban J connectivity index is 1.42. The van der Waals surface area contributed by atoms with E-state index in [1.165, 1.54) is 51.4 Å². The first-order valence-corrected chi connectivity index (χ1v) is 7.35. The Bertz CT molecular complexity index is 405. The average Bonchev–Trinajstić information content (AvgIpc) is 2.79. The maximum Gasteiger partial charge on any atom is 0.138 e. The molecule has 3 rings (SSSR count). The zero-order chi connectivity index (χ0) is 13.2. The second-order valence-corrected chi connectivity index (χ2v) is 5.73. The van der Waals surface area contributed by atoms with Gasteiger partial charge in [-0.1, -0.05) is 12.1 Å². The molecule has 0 aromatic carbocycles. The normalized spacial score (nSPS) is 23.7. The zero-order valence-electron chi connectivity index (χ0n) is 12.0. The standard InChI is InChI=1S/C14H24N4O/c1-3-16-4-6-18(7-5-16)14-10-17(11-14)9-13-8-15-19-12(13)2/h8,14H,3-7,9-11H2,1-2H3. The molecule has 0 amide bonds. The molecule has 106 valence electrons. The molecule has 0 N–H and O–H groups in total. The van der Waals surface area contributed by atoms with E-state index in [4.69, 9.17) is 4.52 Å². The third-order valence-corrected chi connectivity index (χ3v) is 4.55. The summed E-state index contributed by atoms with van der Waals surface area (Å²) in [4.78, 5) is 7.67. The molecule has 0 aliphatic carbocycles. The number of rotatable bonds is 4. The van der Waals surface area contributed by atoms with Crippen molar-refractivity contribution in [3.63, 3.8) is 0 Å². The maximum absolute atomic E-state index is 5.11. The predicted octanol–water partition coefficient (Wildman–Crippen LogP) is 0.805. The molecule has 0 bridgehead atoms. The summed E-state index contributed by atoms with van der Waals surface area (Å²) in [5, 5.41) is 3.84. The van der Waals surface area contributed by atoms with Crippen LogP contribution in [0.25, 0.3) is 0 Å². The first-order chi connectivity index (χ1) is 9.26. The molecule has 0 spiro atoms. The van der Waals surface area contributed by atoms with Gasteiger partial charge in [0, 0.05) is 57.4 Å². The first kappa shape index (κ1) is 13.1. The topological polar surface area (TPSA) is 35.8 Å². The molecular weight excluding hydrogens is 240 g/mol. The van der Waals surface area contributed by atoms with Crippen LogP contribution in [-0.2, 0) is 6.54 Å². The van der Waals surface area contributed by atoms with Crippen LogP contribution >= 0.6 is 0 Å². The number of likely N-dealkylation sites (N-methyl/N-ethyl adjacent to an activating group) is 1. The molecule has 2 aliphatic heterocycles. The summed E-state index contributed by atoms with van der Waals surface area (Å²) < 4.78 is 5.11. The fourth-order valence-corrected chi connectivity index (χ4v) is 3.06. The molecule has 19 heavy (non-hydrogen) atoms. The Morgan fingerprint density at radius 3 is 2.53 bits per heavy atom. The lowest BCUT2D eigenvalue weighted by molar-refractivity contribution is 0.00195. The van der Waals surface area contributed by atoms with E-state index in [0.29, 0.717) is 0 Å². The Hall–Kier alpha value is -0.910. The van der Waals surface area contributed by atoms with Crippen LogP contribution in [0.3, 0.4) is 0 Å². The number of nitrogens with zero attached hydrogens (tertiary/aromatic N) is 4. The van der Waals surface area contributed by atoms with Crippen molar-refractivity contribution >= 4 is 0 Å². The number of hydrogen-bond acceptors (Lipinski definition) is 5. The van der Waals surface area contributed by atoms with E-state index < -0.39 is 0 Å². The van der Waals surface area contributed by atoms with E-state index in [9.17, 15) is 0 Å². The lowest BCUT2D eigenvalue weighted by Gasteiger charge is -2.48. The Morgan fingerprint density at radius 2 is 1.95 bits per heavy atom. The van der Waals surface area contributed by atoms with Gasteiger partial charge in [-0.2, -0.15) is 0 Å². The summed E-state index contributed by atoms with van der Waals surface area (Å²) in [6.45, 7) is 13.7. The van der Waals surface area contributed by atoms with E-state index in [1.807, 2.05) is 13.1 Å². The van der Waals surface area contributed by atoms with E-state index >= 15 is 0 Å². The molecule has 5 heteroatoms. The van der Waals surface area contributed by atoms with E-state index in [1.54, 1.807) is 0 Å². The highest BCUT2D eigenvalue weighted by Gasteiger charge is 2.33. The van der Waals surface area contributed by atoms with Crippen molar-refractivity contribution in [1.29, 1.82) is 0 Å². The van der Waals surface area contributed by atoms with Crippen LogP contribution < -0.4 is 0 Å². The Labute approximate surface area is 115 Å². The van der Waals surface area contributed by atoms with Crippen molar-refractivity contribution < 1.29 is 4.52 Å². The molecule has 5 nitrogen and oxygen atoms in total. The van der Waals surface area contributed by atoms with Gasteiger partial charge < -0.3 is 9.42 Å². The van der Waals surface area contributed by atoms with Gasteiger partial charge in [0.15, 0.2) is 0 Å². The summed E-state index contributed by atoms with van der Waals surface area (Å²) in [5.41, 5.74) is 1.23. The van der Waals surface area contributed by atoms with Gasteiger partial charge in [0.2, 0.25) is 0 Å². The molecule has 0 atom stereocenters. The number of piperazine rings is 1. The molecule has 0 saturated carbocycles. The second kappa shape index (κ2) is 5.61. The van der Waals surface area contributed by atoms with Gasteiger partial charge in [-0.15, -0.1) is 0 Å². The predicted molar refractivity (Wildman–Crippen MR) is 74.0 cm³/mol. The Morgan fingerprint density at radius 1 is 1.21 bits per heavy atom. The number of aromatic nitrogens is 1. The number of aryl methyl sites for hydroxylation is 1. The summed E-state index contributed by atoms with van der Waals surface area (Å²) in [6, 6.07) is 0.763. The van der Waals surface area contributed by atoms with Crippen molar-refractivity contribution in [3.8, 4) is 0 Å². The lowest BCUT2D eigenvalue weighted by Crippen LogP contribution is -2.62. The highest BCUT2D eigenvalue weighted by atomic mass is 16.5. The molecule has 2 fully saturated rings. The quantitative estimate of drug-likeness (QED) is 0.804. The summed E-state index contributed by atoms with van der Waals surface area (Å²) in [6.07, 6.45) is 1.85. The molecule has 0 radical (unpaired) electrons. The highest BCUT2D eigenvalue weighted by molar-refractivity contribution is 5.12. The van der Waals surface area contributed by atoms with Crippen LogP contribution in [0.2, 0.25) is 0 Å². The smallest absolute Gasteiger partial charge is 0.138 e. The van der Waals surface area contributed by atoms with Gasteiger partial charge in [-0.25, -0.2) is 0 Å². The fourth-order valence-electron chi connectivity index (χ4n) is 3.06. The third-order valence-electron chi connectivity index (χ3n) is 4.55. The van der Waals surface area contributed by atoms with Crippen LogP contribution in [0, 0.1) is 6.92 Å². The van der Waals surface area contributed by atoms with Crippen molar-refractivity contribution in [2.75, 3.05) is 45.8 Å². The number of hydrogen-bond donors (Lipinski definition) is 0. The van der Waals surface area contributed by atoms with Gasteiger partial charge in [-0.05, 0) is 13.5 Å². The van der Waals surface area contributed by atoms with Crippen molar-refractivity contribution in [3.05, 3.63) is 17.5 Å². The van der Waals surface area contributed by atoms with Crippen molar-refractivity contribution in [2.45, 2.75) is 26.4 Å². The molecule has 0 unspecified atom stereocenters. The molecule has 2 aliphatic rings. The summed E-state index contributed by atoms with van der Waals surface area (Å²) in [7, 11) is 0. The number of likely N-dealkylation sites (tertiary alicyclic amines) is 1. The second-order valence-electron chi connectivity index (χ2n) is 5.73. The molecular formula is C14H24N4O. The largest absolute Gasteiger partial charge is 0.361 e. The monoisotopic (exact) mass is 264 g/mol. The van der Waals surface area contributed by atoms with E-state index in [2.05, 4.69) is 26.8 Å². The lowest BCUT2D eigenvalue weighted by atomic mass is 10.0. The molecule has 1 aromatic rings. The van der Waals surface area contributed by atoms with Gasteiger partial charge in [0.25, 0.3) is 0 Å². The van der Waals surface area contributed by atoms with Crippen LogP contribution in [0.15, 0.2) is 10.7 Å². The minimum atomic E-state index is 0.763. The van der Waals surface area contributed by atoms with E-state index in [-0.39, 0.29) is 0 Å². The van der Waals surface area contributed by atoms with Crippen LogP contribution in [0.1, 0.15) is 18.2 Å². The third kappa shape index (κ3) is 2.83. The summed E-state index contributed by atoms with van der Waals surface area (Å²) in [5.74, 6) is 0.958. The van der Waals surface area contributed by atoms with E-state index in [0.717, 1.165) is 18.3 Å². The van der Waals surface area contributed by atoms with Crippen molar-refractivity contribution in [1.82, 2.24) is 19.9 Å². The van der Waals surface area contributed by atoms with Crippen LogP contribution in [0.4, 0.5) is 0 Å². The minimum Gasteiger partial charge on any atom is -0.361 e. The first-order valence-electron chi connectivity index (χ1n) is 7.35. The van der Waals surface area contributed by atoms with Crippen LogP contribution in [0.5, 0.6) is 0 Å². The highest BCUT2D eigenvalue weighted by Crippen LogP contribution is 2.20. The zero-order valence-corrected chi connectivity index (χ0v) is 12.0. The Kier molecular flexibility index (Phi) is 3.86. The van der Waals surface area contributed by atoms with Gasteiger partial charge in [0.1, 0.15) is 5.76 Å². The maximum atomic E-state index is 5.11. The SMILES string of the molecule is CCN1CCN(C2CN(Cc3cnoc3C)C2)CC1.